The van der Waals surface area contributed by atoms with Crippen LogP contribution in [0.2, 0.25) is 0 Å². The average molecular weight is 527 g/mol. The van der Waals surface area contributed by atoms with E-state index < -0.39 is 0 Å². The van der Waals surface area contributed by atoms with Gasteiger partial charge in [-0.05, 0) is 67.2 Å². The van der Waals surface area contributed by atoms with Crippen LogP contribution in [-0.2, 0) is 4.79 Å². The first kappa shape index (κ1) is 28.6. The van der Waals surface area contributed by atoms with Crippen molar-refractivity contribution in [2.24, 2.45) is 5.92 Å². The van der Waals surface area contributed by atoms with Crippen LogP contribution in [-0.4, -0.2) is 86.6 Å². The molecule has 0 aromatic carbocycles. The van der Waals surface area contributed by atoms with Crippen molar-refractivity contribution in [3.8, 4) is 0 Å². The summed E-state index contributed by atoms with van der Waals surface area (Å²) < 4.78 is 2.29. The summed E-state index contributed by atoms with van der Waals surface area (Å²) >= 11 is 0. The molecule has 4 rings (SSSR count). The van der Waals surface area contributed by atoms with Crippen molar-refractivity contribution >= 4 is 28.8 Å². The topological polar surface area (TPSA) is 82.4 Å². The number of aromatic nitrogens is 4. The Labute approximate surface area is 229 Å². The predicted octanol–water partition coefficient (Wildman–Crippen LogP) is 4.95. The number of carbonyl (C=O) groups excluding carboxylic acids is 1. The number of nitrogens with zero attached hydrogens (tertiary/aromatic N) is 7. The number of carbonyl (C=O) groups is 1. The maximum atomic E-state index is 13.2. The van der Waals surface area contributed by atoms with Gasteiger partial charge < -0.3 is 19.7 Å². The van der Waals surface area contributed by atoms with E-state index in [1.807, 2.05) is 11.2 Å². The predicted molar refractivity (Wildman–Crippen MR) is 156 cm³/mol. The van der Waals surface area contributed by atoms with E-state index in [1.165, 1.54) is 32.1 Å². The maximum Gasteiger partial charge on any atom is 0.229 e. The zero-order valence-corrected chi connectivity index (χ0v) is 24.6. The van der Waals surface area contributed by atoms with Gasteiger partial charge in [-0.3, -0.25) is 9.69 Å². The van der Waals surface area contributed by atoms with Crippen LogP contribution in [0, 0.1) is 5.92 Å². The van der Waals surface area contributed by atoms with Crippen LogP contribution in [0.4, 0.5) is 11.8 Å². The minimum atomic E-state index is -0.00625. The summed E-state index contributed by atoms with van der Waals surface area (Å²) in [6.45, 7) is 17.9. The molecule has 3 heterocycles. The van der Waals surface area contributed by atoms with E-state index >= 15 is 0 Å². The molecular weight excluding hydrogens is 476 g/mol. The van der Waals surface area contributed by atoms with E-state index in [0.717, 1.165) is 68.5 Å². The lowest BCUT2D eigenvalue weighted by atomic mass is 9.95. The van der Waals surface area contributed by atoms with Gasteiger partial charge in [0.15, 0.2) is 17.0 Å². The van der Waals surface area contributed by atoms with Crippen molar-refractivity contribution in [3.05, 3.63) is 6.33 Å². The van der Waals surface area contributed by atoms with E-state index in [4.69, 9.17) is 15.0 Å². The van der Waals surface area contributed by atoms with Gasteiger partial charge in [-0.25, -0.2) is 4.98 Å². The molecule has 38 heavy (non-hydrogen) atoms. The molecule has 1 saturated carbocycles. The number of hydrogen-bond donors (Lipinski definition) is 1. The SMILES string of the molecule is CCN(CC)C(=O)C1CCCN(c2nc(NCCN(C(C)C)C(C)C)c3ncn(C4CCCCC4)c3n2)C1. The third-order valence-corrected chi connectivity index (χ3v) is 8.50. The lowest BCUT2D eigenvalue weighted by molar-refractivity contribution is -0.135. The largest absolute Gasteiger partial charge is 0.367 e. The molecule has 2 aromatic rings. The van der Waals surface area contributed by atoms with Gasteiger partial charge in [0.25, 0.3) is 0 Å². The summed E-state index contributed by atoms with van der Waals surface area (Å²) in [7, 11) is 0. The van der Waals surface area contributed by atoms with E-state index in [9.17, 15) is 4.79 Å². The number of imidazole rings is 1. The summed E-state index contributed by atoms with van der Waals surface area (Å²) in [5.41, 5.74) is 1.78. The van der Waals surface area contributed by atoms with Crippen molar-refractivity contribution < 1.29 is 4.79 Å². The fourth-order valence-electron chi connectivity index (χ4n) is 6.37. The zero-order chi connectivity index (χ0) is 27.2. The van der Waals surface area contributed by atoms with Gasteiger partial charge in [0.1, 0.15) is 0 Å². The molecule has 2 aromatic heterocycles. The molecule has 1 aliphatic carbocycles. The fraction of sp³-hybridized carbons (Fsp3) is 0.793. The second kappa shape index (κ2) is 13.1. The van der Waals surface area contributed by atoms with Gasteiger partial charge in [-0.1, -0.05) is 19.3 Å². The Bertz CT molecular complexity index is 1030. The standard InChI is InChI=1S/C29H50N8O/c1-7-34(8-2)28(38)23-13-12-17-35(19-23)29-32-26(30-16-18-36(21(3)4)22(5)6)25-27(33-29)37(20-31-25)24-14-10-9-11-15-24/h20-24H,7-19H2,1-6H3,(H,30,32,33). The number of fused-ring (bicyclic) bond motifs is 1. The first-order valence-electron chi connectivity index (χ1n) is 15.1. The first-order chi connectivity index (χ1) is 18.3. The Balaban J connectivity index is 1.62. The molecule has 0 bridgehead atoms. The van der Waals surface area contributed by atoms with Crippen LogP contribution in [0.3, 0.4) is 0 Å². The van der Waals surface area contributed by atoms with Crippen LogP contribution in [0.1, 0.15) is 92.5 Å². The van der Waals surface area contributed by atoms with E-state index in [1.54, 1.807) is 0 Å². The molecule has 2 fully saturated rings. The molecule has 212 valence electrons. The molecule has 1 amide bonds. The highest BCUT2D eigenvalue weighted by atomic mass is 16.2. The number of nitrogens with one attached hydrogen (secondary N) is 1. The van der Waals surface area contributed by atoms with Gasteiger partial charge in [0, 0.05) is 57.4 Å². The summed E-state index contributed by atoms with van der Waals surface area (Å²) in [6, 6.07) is 1.41. The van der Waals surface area contributed by atoms with Gasteiger partial charge in [-0.2, -0.15) is 9.97 Å². The minimum absolute atomic E-state index is 0.00625. The fourth-order valence-corrected chi connectivity index (χ4v) is 6.37. The minimum Gasteiger partial charge on any atom is -0.367 e. The molecule has 2 aliphatic rings. The highest BCUT2D eigenvalue weighted by molar-refractivity contribution is 5.85. The van der Waals surface area contributed by atoms with Crippen LogP contribution < -0.4 is 10.2 Å². The maximum absolute atomic E-state index is 13.2. The smallest absolute Gasteiger partial charge is 0.229 e. The lowest BCUT2D eigenvalue weighted by Gasteiger charge is -2.34. The number of amides is 1. The molecule has 1 atom stereocenters. The Morgan fingerprint density at radius 1 is 1.03 bits per heavy atom. The van der Waals surface area contributed by atoms with Crippen LogP contribution in [0.25, 0.3) is 11.2 Å². The molecule has 0 spiro atoms. The Kier molecular flexibility index (Phi) is 9.85. The third-order valence-electron chi connectivity index (χ3n) is 8.50. The molecule has 0 radical (unpaired) electrons. The number of rotatable bonds is 11. The molecular formula is C29H50N8O. The molecule has 1 aliphatic heterocycles. The summed E-state index contributed by atoms with van der Waals surface area (Å²) in [6.07, 6.45) is 10.1. The van der Waals surface area contributed by atoms with E-state index in [-0.39, 0.29) is 11.8 Å². The zero-order valence-electron chi connectivity index (χ0n) is 24.6. The van der Waals surface area contributed by atoms with Gasteiger partial charge in [0.2, 0.25) is 11.9 Å². The molecule has 1 saturated heterocycles. The van der Waals surface area contributed by atoms with Gasteiger partial charge in [0.05, 0.1) is 12.2 Å². The Morgan fingerprint density at radius 2 is 1.74 bits per heavy atom. The Morgan fingerprint density at radius 3 is 2.39 bits per heavy atom. The highest BCUT2D eigenvalue weighted by Gasteiger charge is 2.30. The second-order valence-electron chi connectivity index (χ2n) is 11.6. The lowest BCUT2D eigenvalue weighted by Crippen LogP contribution is -2.45. The van der Waals surface area contributed by atoms with Crippen LogP contribution in [0.5, 0.6) is 0 Å². The highest BCUT2D eigenvalue weighted by Crippen LogP contribution is 2.33. The van der Waals surface area contributed by atoms with Crippen molar-refractivity contribution in [1.82, 2.24) is 29.3 Å². The normalized spacial score (nSPS) is 19.2. The van der Waals surface area contributed by atoms with Crippen LogP contribution >= 0.6 is 0 Å². The second-order valence-corrected chi connectivity index (χ2v) is 11.6. The summed E-state index contributed by atoms with van der Waals surface area (Å²) in [5.74, 6) is 1.78. The van der Waals surface area contributed by atoms with Crippen molar-refractivity contribution in [2.75, 3.05) is 49.5 Å². The molecule has 9 nitrogen and oxygen atoms in total. The molecule has 9 heteroatoms. The van der Waals surface area contributed by atoms with Gasteiger partial charge in [-0.15, -0.1) is 0 Å². The monoisotopic (exact) mass is 526 g/mol. The summed E-state index contributed by atoms with van der Waals surface area (Å²) in [4.78, 5) is 34.8. The average Bonchev–Trinajstić information content (AvgIpc) is 3.36. The number of piperidine rings is 1. The van der Waals surface area contributed by atoms with Crippen molar-refractivity contribution in [1.29, 1.82) is 0 Å². The van der Waals surface area contributed by atoms with Crippen molar-refractivity contribution in [2.45, 2.75) is 105 Å². The Hall–Kier alpha value is -2.42. The van der Waals surface area contributed by atoms with E-state index in [2.05, 4.69) is 61.2 Å². The third kappa shape index (κ3) is 6.41. The van der Waals surface area contributed by atoms with Crippen LogP contribution in [0.15, 0.2) is 6.33 Å². The summed E-state index contributed by atoms with van der Waals surface area (Å²) in [5, 5.41) is 3.62. The first-order valence-corrected chi connectivity index (χ1v) is 15.1. The van der Waals surface area contributed by atoms with E-state index in [0.29, 0.717) is 24.7 Å². The van der Waals surface area contributed by atoms with Crippen molar-refractivity contribution in [3.63, 3.8) is 0 Å². The number of anilines is 2. The van der Waals surface area contributed by atoms with Gasteiger partial charge >= 0.3 is 0 Å². The quantitative estimate of drug-likeness (QED) is 0.444. The molecule has 1 N–H and O–H groups in total. The molecule has 1 unspecified atom stereocenters. The number of hydrogen-bond acceptors (Lipinski definition) is 7.